The number of fused-ring (bicyclic) bond motifs is 1. The SMILES string of the molecule is COC(=O)[C@@H](C)N1C(=O)S/C(=C/c2cc3c(cc2C)N(C)C(C)(C)C=C3C)C1=O. The van der Waals surface area contributed by atoms with Crippen LogP contribution in [0, 0.1) is 6.92 Å². The quantitative estimate of drug-likeness (QED) is 0.545. The van der Waals surface area contributed by atoms with Crippen molar-refractivity contribution in [1.29, 1.82) is 0 Å². The van der Waals surface area contributed by atoms with Gasteiger partial charge in [-0.1, -0.05) is 6.08 Å². The molecule has 1 aromatic rings. The average Bonchev–Trinajstić information content (AvgIpc) is 2.92. The van der Waals surface area contributed by atoms with Gasteiger partial charge in [0, 0.05) is 18.3 Å². The number of esters is 1. The minimum Gasteiger partial charge on any atom is -0.467 e. The summed E-state index contributed by atoms with van der Waals surface area (Å²) >= 11 is 0.846. The van der Waals surface area contributed by atoms with Crippen LogP contribution in [0.2, 0.25) is 0 Å². The number of allylic oxidation sites excluding steroid dienone is 1. The second-order valence-corrected chi connectivity index (χ2v) is 9.01. The largest absolute Gasteiger partial charge is 0.467 e. The van der Waals surface area contributed by atoms with Crippen LogP contribution in [-0.4, -0.2) is 47.8 Å². The highest BCUT2D eigenvalue weighted by atomic mass is 32.2. The van der Waals surface area contributed by atoms with Crippen LogP contribution in [0.3, 0.4) is 0 Å². The highest BCUT2D eigenvalue weighted by Crippen LogP contribution is 2.41. The first-order valence-electron chi connectivity index (χ1n) is 9.41. The van der Waals surface area contributed by atoms with Crippen molar-refractivity contribution in [2.75, 3.05) is 19.1 Å². The number of carbonyl (C=O) groups is 3. The molecule has 2 amide bonds. The van der Waals surface area contributed by atoms with Gasteiger partial charge in [-0.15, -0.1) is 0 Å². The molecule has 0 N–H and O–H groups in total. The molecule has 0 bridgehead atoms. The number of hydrogen-bond acceptors (Lipinski definition) is 6. The zero-order valence-corrected chi connectivity index (χ0v) is 18.6. The van der Waals surface area contributed by atoms with E-state index >= 15 is 0 Å². The van der Waals surface area contributed by atoms with Crippen LogP contribution in [0.25, 0.3) is 11.6 Å². The fourth-order valence-electron chi connectivity index (χ4n) is 3.70. The van der Waals surface area contributed by atoms with Crippen molar-refractivity contribution < 1.29 is 19.1 Å². The van der Waals surface area contributed by atoms with Crippen molar-refractivity contribution >= 4 is 46.2 Å². The molecule has 1 aromatic carbocycles. The van der Waals surface area contributed by atoms with Crippen LogP contribution < -0.4 is 4.90 Å². The molecule has 0 aliphatic carbocycles. The van der Waals surface area contributed by atoms with E-state index in [0.29, 0.717) is 4.91 Å². The van der Waals surface area contributed by atoms with E-state index in [9.17, 15) is 14.4 Å². The van der Waals surface area contributed by atoms with Gasteiger partial charge in [0.15, 0.2) is 0 Å². The summed E-state index contributed by atoms with van der Waals surface area (Å²) in [6, 6.07) is 3.21. The van der Waals surface area contributed by atoms with Crippen LogP contribution in [0.1, 0.15) is 44.4 Å². The number of nitrogens with zero attached hydrogens (tertiary/aromatic N) is 2. The summed E-state index contributed by atoms with van der Waals surface area (Å²) in [4.78, 5) is 40.4. The van der Waals surface area contributed by atoms with E-state index in [-0.39, 0.29) is 5.54 Å². The van der Waals surface area contributed by atoms with E-state index in [1.807, 2.05) is 6.92 Å². The van der Waals surface area contributed by atoms with Crippen molar-refractivity contribution in [1.82, 2.24) is 4.90 Å². The molecule has 3 rings (SSSR count). The Balaban J connectivity index is 2.00. The third-order valence-electron chi connectivity index (χ3n) is 5.64. The molecule has 0 spiro atoms. The molecule has 1 fully saturated rings. The Morgan fingerprint density at radius 2 is 1.90 bits per heavy atom. The smallest absolute Gasteiger partial charge is 0.328 e. The van der Waals surface area contributed by atoms with Gasteiger partial charge >= 0.3 is 5.97 Å². The molecule has 6 nitrogen and oxygen atoms in total. The molecule has 154 valence electrons. The summed E-state index contributed by atoms with van der Waals surface area (Å²) in [6.45, 7) is 9.89. The Labute approximate surface area is 175 Å². The number of methoxy groups -OCH3 is 1. The normalized spacial score (nSPS) is 20.7. The van der Waals surface area contributed by atoms with Gasteiger partial charge in [-0.2, -0.15) is 0 Å². The molecule has 0 unspecified atom stereocenters. The van der Waals surface area contributed by atoms with E-state index in [4.69, 9.17) is 0 Å². The van der Waals surface area contributed by atoms with E-state index in [2.05, 4.69) is 55.7 Å². The lowest BCUT2D eigenvalue weighted by atomic mass is 9.87. The molecular formula is C22H26N2O4S. The van der Waals surface area contributed by atoms with Crippen LogP contribution >= 0.6 is 11.8 Å². The topological polar surface area (TPSA) is 66.9 Å². The number of imide groups is 1. The van der Waals surface area contributed by atoms with Crippen LogP contribution in [0.15, 0.2) is 23.1 Å². The Kier molecular flexibility index (Phi) is 5.38. The first kappa shape index (κ1) is 21.2. The van der Waals surface area contributed by atoms with Crippen molar-refractivity contribution in [2.45, 2.75) is 46.2 Å². The number of ether oxygens (including phenoxy) is 1. The van der Waals surface area contributed by atoms with Gasteiger partial charge in [0.1, 0.15) is 6.04 Å². The molecule has 29 heavy (non-hydrogen) atoms. The van der Waals surface area contributed by atoms with Gasteiger partial charge in [-0.25, -0.2) is 4.79 Å². The van der Waals surface area contributed by atoms with Crippen LogP contribution in [0.5, 0.6) is 0 Å². The number of benzene rings is 1. The van der Waals surface area contributed by atoms with Gasteiger partial charge < -0.3 is 9.64 Å². The standard InChI is InChI=1S/C22H26N2O4S/c1-12-8-17-16(13(2)11-22(4,5)23(17)6)9-15(12)10-18-19(25)24(21(27)29-18)14(3)20(26)28-7/h8-11,14H,1-7H3/b18-10+/t14-/m1/s1. The first-order valence-corrected chi connectivity index (χ1v) is 10.2. The molecule has 1 atom stereocenters. The van der Waals surface area contributed by atoms with Gasteiger partial charge in [0.05, 0.1) is 17.6 Å². The fraction of sp³-hybridized carbons (Fsp3) is 0.409. The third kappa shape index (κ3) is 3.59. The van der Waals surface area contributed by atoms with Gasteiger partial charge in [-0.05, 0) is 81.3 Å². The van der Waals surface area contributed by atoms with Gasteiger partial charge in [0.25, 0.3) is 11.1 Å². The number of anilines is 1. The summed E-state index contributed by atoms with van der Waals surface area (Å²) in [5.41, 5.74) is 5.21. The number of aryl methyl sites for hydroxylation is 1. The number of carbonyl (C=O) groups excluding carboxylic acids is 3. The minimum atomic E-state index is -0.955. The number of likely N-dealkylation sites (N-methyl/N-ethyl adjacent to an activating group) is 1. The summed E-state index contributed by atoms with van der Waals surface area (Å²) in [6.07, 6.45) is 3.96. The molecule has 0 aromatic heterocycles. The number of thioether (sulfide) groups is 1. The molecule has 2 heterocycles. The van der Waals surface area contributed by atoms with Gasteiger partial charge in [-0.3, -0.25) is 14.5 Å². The lowest BCUT2D eigenvalue weighted by Crippen LogP contribution is -2.42. The lowest BCUT2D eigenvalue weighted by molar-refractivity contribution is -0.148. The maximum atomic E-state index is 12.8. The van der Waals surface area contributed by atoms with Gasteiger partial charge in [0.2, 0.25) is 0 Å². The number of hydrogen-bond donors (Lipinski definition) is 0. The molecule has 7 heteroatoms. The molecule has 0 radical (unpaired) electrons. The van der Waals surface area contributed by atoms with E-state index in [1.54, 1.807) is 6.08 Å². The zero-order chi connectivity index (χ0) is 21.7. The van der Waals surface area contributed by atoms with E-state index in [0.717, 1.165) is 39.0 Å². The van der Waals surface area contributed by atoms with Crippen LogP contribution in [0.4, 0.5) is 10.5 Å². The maximum Gasteiger partial charge on any atom is 0.328 e. The Morgan fingerprint density at radius 3 is 2.52 bits per heavy atom. The van der Waals surface area contributed by atoms with Crippen molar-refractivity contribution in [2.24, 2.45) is 0 Å². The van der Waals surface area contributed by atoms with Crippen molar-refractivity contribution in [3.05, 3.63) is 39.8 Å². The number of rotatable bonds is 3. The average molecular weight is 415 g/mol. The molecular weight excluding hydrogens is 388 g/mol. The lowest BCUT2D eigenvalue weighted by Gasteiger charge is -2.41. The van der Waals surface area contributed by atoms with E-state index < -0.39 is 23.2 Å². The second-order valence-electron chi connectivity index (χ2n) is 8.02. The summed E-state index contributed by atoms with van der Waals surface area (Å²) in [5, 5.41) is -0.465. The molecule has 0 saturated carbocycles. The predicted octanol–water partition coefficient (Wildman–Crippen LogP) is 4.22. The highest BCUT2D eigenvalue weighted by Gasteiger charge is 2.41. The molecule has 2 aliphatic rings. The third-order valence-corrected chi connectivity index (χ3v) is 6.53. The molecule has 1 saturated heterocycles. The monoisotopic (exact) mass is 414 g/mol. The second kappa shape index (κ2) is 7.37. The van der Waals surface area contributed by atoms with E-state index in [1.165, 1.54) is 19.6 Å². The Bertz CT molecular complexity index is 977. The molecule has 2 aliphatic heterocycles. The summed E-state index contributed by atoms with van der Waals surface area (Å²) in [7, 11) is 3.30. The maximum absolute atomic E-state index is 12.8. The fourth-order valence-corrected chi connectivity index (χ4v) is 4.60. The van der Waals surface area contributed by atoms with Crippen LogP contribution in [-0.2, 0) is 14.3 Å². The minimum absolute atomic E-state index is 0.0856. The van der Waals surface area contributed by atoms with Crippen molar-refractivity contribution in [3.8, 4) is 0 Å². The summed E-state index contributed by atoms with van der Waals surface area (Å²) in [5.74, 6) is -1.09. The Hall–Kier alpha value is -2.54. The number of amides is 2. The summed E-state index contributed by atoms with van der Waals surface area (Å²) < 4.78 is 4.67. The Morgan fingerprint density at radius 1 is 1.24 bits per heavy atom. The highest BCUT2D eigenvalue weighted by molar-refractivity contribution is 8.18. The van der Waals surface area contributed by atoms with Crippen molar-refractivity contribution in [3.63, 3.8) is 0 Å². The zero-order valence-electron chi connectivity index (χ0n) is 17.8. The predicted molar refractivity (Wildman–Crippen MR) is 117 cm³/mol. The first-order chi connectivity index (χ1) is 13.5.